The Morgan fingerprint density at radius 1 is 0.603 bits per heavy atom. The summed E-state index contributed by atoms with van der Waals surface area (Å²) in [5.74, 6) is -1.99. The molecule has 0 aromatic heterocycles. The third kappa shape index (κ3) is 28.0. The summed E-state index contributed by atoms with van der Waals surface area (Å²) >= 11 is 0. The molecular formula is C44H84NO12P. The molecule has 1 rings (SSSR count). The Labute approximate surface area is 351 Å². The zero-order chi connectivity index (χ0) is 42.9. The molecule has 58 heavy (non-hydrogen) atoms. The van der Waals surface area contributed by atoms with Crippen LogP contribution in [0, 0.1) is 0 Å². The second kappa shape index (κ2) is 35.0. The summed E-state index contributed by atoms with van der Waals surface area (Å²) in [7, 11) is -5.23. The number of aliphatic hydroxyl groups excluding tert-OH is 2. The van der Waals surface area contributed by atoms with Crippen molar-refractivity contribution in [2.45, 2.75) is 257 Å². The zero-order valence-corrected chi connectivity index (χ0v) is 37.5. The van der Waals surface area contributed by atoms with Crippen LogP contribution in [-0.4, -0.2) is 81.2 Å². The van der Waals surface area contributed by atoms with Crippen LogP contribution in [-0.2, 0) is 37.7 Å². The van der Waals surface area contributed by atoms with E-state index in [0.29, 0.717) is 19.3 Å². The van der Waals surface area contributed by atoms with Gasteiger partial charge in [-0.2, -0.15) is 0 Å². The fourth-order valence-corrected chi connectivity index (χ4v) is 8.11. The molecule has 0 radical (unpaired) electrons. The molecule has 342 valence electrons. The normalized spacial score (nSPS) is 20.2. The van der Waals surface area contributed by atoms with Crippen LogP contribution >= 0.6 is 7.82 Å². The van der Waals surface area contributed by atoms with Gasteiger partial charge in [0.25, 0.3) is 0 Å². The predicted octanol–water partition coefficient (Wildman–Crippen LogP) is 9.64. The first-order valence-electron chi connectivity index (χ1n) is 23.3. The highest BCUT2D eigenvalue weighted by Crippen LogP contribution is 2.42. The quantitative estimate of drug-likeness (QED) is 0.0224. The highest BCUT2D eigenvalue weighted by atomic mass is 31.2. The van der Waals surface area contributed by atoms with Gasteiger partial charge in [0.2, 0.25) is 12.2 Å². The maximum atomic E-state index is 13.4. The lowest BCUT2D eigenvalue weighted by Gasteiger charge is -2.44. The van der Waals surface area contributed by atoms with Crippen LogP contribution in [0.2, 0.25) is 0 Å². The molecule has 0 bridgehead atoms. The van der Waals surface area contributed by atoms with E-state index in [-0.39, 0.29) is 19.3 Å². The molecule has 6 atom stereocenters. The molecule has 0 saturated carbocycles. The van der Waals surface area contributed by atoms with Crippen LogP contribution in [0.5, 0.6) is 0 Å². The monoisotopic (exact) mass is 850 g/mol. The third-order valence-electron chi connectivity index (χ3n) is 11.0. The summed E-state index contributed by atoms with van der Waals surface area (Å²) in [4.78, 5) is 59.5. The number of unbranched alkanes of at least 4 members (excludes halogenated alkanes) is 24. The molecule has 0 aromatic carbocycles. The highest BCUT2D eigenvalue weighted by Gasteiger charge is 2.53. The first-order valence-corrected chi connectivity index (χ1v) is 24.8. The molecule has 1 aliphatic rings. The number of phosphoric ester groups is 1. The molecular weight excluding hydrogens is 765 g/mol. The lowest BCUT2D eigenvalue weighted by atomic mass is 9.96. The second-order valence-corrected chi connectivity index (χ2v) is 17.6. The molecule has 14 heteroatoms. The molecule has 1 fully saturated rings. The average Bonchev–Trinajstić information content (AvgIpc) is 3.17. The van der Waals surface area contributed by atoms with E-state index >= 15 is 0 Å². The maximum Gasteiger partial charge on any atom is 0.470 e. The van der Waals surface area contributed by atoms with Gasteiger partial charge in [-0.1, -0.05) is 181 Å². The van der Waals surface area contributed by atoms with Gasteiger partial charge in [-0.05, 0) is 19.3 Å². The van der Waals surface area contributed by atoms with Crippen molar-refractivity contribution in [2.24, 2.45) is 0 Å². The summed E-state index contributed by atoms with van der Waals surface area (Å²) in [5.41, 5.74) is 0. The SMILES string of the molecule is CCCCCCCCCCCCCCCC(=O)N[C@H]1[C@@H](OC(=O)C[C@H](O)CCCCCCC)O[C@H](CO)[C@@H](OP(=O)(O)O)[C@@H]1OC(=O)CCCCCCCCCCC. The van der Waals surface area contributed by atoms with Crippen LogP contribution in [0.4, 0.5) is 0 Å². The Hall–Kier alpha value is -1.60. The summed E-state index contributed by atoms with van der Waals surface area (Å²) in [6, 6.07) is -1.42. The van der Waals surface area contributed by atoms with Gasteiger partial charge >= 0.3 is 19.8 Å². The van der Waals surface area contributed by atoms with E-state index in [4.69, 9.17) is 18.7 Å². The number of ether oxygens (including phenoxy) is 3. The van der Waals surface area contributed by atoms with Gasteiger partial charge in [0.1, 0.15) is 18.2 Å². The van der Waals surface area contributed by atoms with Gasteiger partial charge in [0.15, 0.2) is 6.10 Å². The first-order chi connectivity index (χ1) is 27.9. The van der Waals surface area contributed by atoms with Crippen molar-refractivity contribution in [3.05, 3.63) is 0 Å². The molecule has 1 heterocycles. The topological polar surface area (TPSA) is 198 Å². The van der Waals surface area contributed by atoms with Crippen molar-refractivity contribution in [2.75, 3.05) is 6.61 Å². The number of phosphoric acid groups is 1. The minimum absolute atomic E-state index is 0.00808. The number of aliphatic hydroxyl groups is 2. The van der Waals surface area contributed by atoms with Gasteiger partial charge in [-0.15, -0.1) is 0 Å². The number of carbonyl (C=O) groups is 3. The first kappa shape index (κ1) is 54.4. The van der Waals surface area contributed by atoms with Crippen molar-refractivity contribution in [1.29, 1.82) is 0 Å². The second-order valence-electron chi connectivity index (χ2n) is 16.5. The van der Waals surface area contributed by atoms with E-state index in [1.807, 2.05) is 0 Å². The fourth-order valence-electron chi connectivity index (χ4n) is 7.54. The standard InChI is InChI=1S/C44H84NO12P/c1-4-7-10-13-15-17-18-19-20-22-23-26-29-32-38(48)45-41-43(55-39(49)33-30-27-24-21-16-14-11-8-5-2)42(57-58(51,52)53)37(35-46)54-44(41)56-40(50)34-36(47)31-28-25-12-9-6-3/h36-37,41-44,46-47H,4-35H2,1-3H3,(H,45,48)(H2,51,52,53)/t36-,37-,41-,42-,43-,44-/m1/s1. The van der Waals surface area contributed by atoms with Crippen molar-refractivity contribution >= 4 is 25.7 Å². The molecule has 0 aromatic rings. The molecule has 13 nitrogen and oxygen atoms in total. The lowest BCUT2D eigenvalue weighted by Crippen LogP contribution is -2.66. The lowest BCUT2D eigenvalue weighted by molar-refractivity contribution is -0.265. The number of nitrogens with one attached hydrogen (secondary N) is 1. The minimum Gasteiger partial charge on any atom is -0.457 e. The summed E-state index contributed by atoms with van der Waals surface area (Å²) in [5, 5.41) is 23.6. The summed E-state index contributed by atoms with van der Waals surface area (Å²) < 4.78 is 34.5. The molecule has 1 aliphatic heterocycles. The Bertz CT molecular complexity index is 1090. The Balaban J connectivity index is 2.98. The van der Waals surface area contributed by atoms with Crippen molar-refractivity contribution < 1.29 is 57.7 Å². The summed E-state index contributed by atoms with van der Waals surface area (Å²) in [6.45, 7) is 5.69. The maximum absolute atomic E-state index is 13.4. The van der Waals surface area contributed by atoms with E-state index in [0.717, 1.165) is 83.5 Å². The Kier molecular flexibility index (Phi) is 32.9. The van der Waals surface area contributed by atoms with E-state index in [1.165, 1.54) is 77.0 Å². The zero-order valence-electron chi connectivity index (χ0n) is 36.6. The van der Waals surface area contributed by atoms with Crippen molar-refractivity contribution in [3.8, 4) is 0 Å². The van der Waals surface area contributed by atoms with Gasteiger partial charge in [0, 0.05) is 12.8 Å². The summed E-state index contributed by atoms with van der Waals surface area (Å²) in [6.07, 6.45) is 21.8. The van der Waals surface area contributed by atoms with Crippen LogP contribution in [0.25, 0.3) is 0 Å². The van der Waals surface area contributed by atoms with Crippen molar-refractivity contribution in [1.82, 2.24) is 5.32 Å². The van der Waals surface area contributed by atoms with E-state index in [1.54, 1.807) is 0 Å². The number of hydrogen-bond acceptors (Lipinski definition) is 10. The molecule has 0 spiro atoms. The van der Waals surface area contributed by atoms with Crippen LogP contribution in [0.3, 0.4) is 0 Å². The van der Waals surface area contributed by atoms with E-state index in [9.17, 15) is 38.9 Å². The largest absolute Gasteiger partial charge is 0.470 e. The highest BCUT2D eigenvalue weighted by molar-refractivity contribution is 7.46. The number of hydrogen-bond donors (Lipinski definition) is 5. The van der Waals surface area contributed by atoms with E-state index in [2.05, 4.69) is 26.1 Å². The predicted molar refractivity (Wildman–Crippen MR) is 227 cm³/mol. The molecule has 0 unspecified atom stereocenters. The molecule has 5 N–H and O–H groups in total. The van der Waals surface area contributed by atoms with Gasteiger partial charge in [-0.3, -0.25) is 18.9 Å². The average molecular weight is 850 g/mol. The number of esters is 2. The number of carbonyl (C=O) groups excluding carboxylic acids is 3. The van der Waals surface area contributed by atoms with E-state index < -0.39 is 69.0 Å². The molecule has 1 amide bonds. The third-order valence-corrected chi connectivity index (χ3v) is 11.5. The molecule has 1 saturated heterocycles. The Morgan fingerprint density at radius 3 is 1.48 bits per heavy atom. The molecule has 0 aliphatic carbocycles. The minimum atomic E-state index is -5.23. The van der Waals surface area contributed by atoms with Gasteiger partial charge < -0.3 is 39.5 Å². The van der Waals surface area contributed by atoms with Gasteiger partial charge in [0.05, 0.1) is 19.1 Å². The number of amides is 1. The van der Waals surface area contributed by atoms with Gasteiger partial charge in [-0.25, -0.2) is 4.57 Å². The Morgan fingerprint density at radius 2 is 1.03 bits per heavy atom. The van der Waals surface area contributed by atoms with Crippen LogP contribution in [0.15, 0.2) is 0 Å². The number of rotatable bonds is 38. The smallest absolute Gasteiger partial charge is 0.457 e. The van der Waals surface area contributed by atoms with Crippen LogP contribution in [0.1, 0.15) is 220 Å². The fraction of sp³-hybridized carbons (Fsp3) is 0.932. The van der Waals surface area contributed by atoms with Crippen molar-refractivity contribution in [3.63, 3.8) is 0 Å². The van der Waals surface area contributed by atoms with Crippen LogP contribution < -0.4 is 5.32 Å².